The highest BCUT2D eigenvalue weighted by molar-refractivity contribution is 6.14. The van der Waals surface area contributed by atoms with Gasteiger partial charge in [0, 0.05) is 16.8 Å². The maximum Gasteiger partial charge on any atom is 0.0505 e. The summed E-state index contributed by atoms with van der Waals surface area (Å²) in [5.41, 5.74) is 8.75. The highest BCUT2D eigenvalue weighted by atomic mass is 15.1. The molecular weight excluding hydrogens is 567 g/mol. The molecule has 0 spiro atoms. The number of rotatable bonds is 3. The second kappa shape index (κ2) is 10.0. The minimum absolute atomic E-state index is 0.132. The third-order valence-electron chi connectivity index (χ3n) is 11.3. The number of fused-ring (bicyclic) bond motifs is 10. The molecule has 0 fully saturated rings. The third kappa shape index (κ3) is 3.96. The van der Waals surface area contributed by atoms with Gasteiger partial charge in [0.15, 0.2) is 0 Å². The normalized spacial score (nSPS) is 14.7. The summed E-state index contributed by atoms with van der Waals surface area (Å²) in [5.74, 6) is 0. The van der Waals surface area contributed by atoms with Crippen molar-refractivity contribution < 1.29 is 0 Å². The Kier molecular flexibility index (Phi) is 5.96. The summed E-state index contributed by atoms with van der Waals surface area (Å²) in [5, 5.41) is 10.3. The number of para-hydroxylation sites is 1. The lowest BCUT2D eigenvalue weighted by molar-refractivity contribution is 0.300. The minimum Gasteiger partial charge on any atom is -0.310 e. The Morgan fingerprint density at radius 3 is 1.74 bits per heavy atom. The highest BCUT2D eigenvalue weighted by Gasteiger charge is 2.48. The van der Waals surface area contributed by atoms with Gasteiger partial charge in [-0.25, -0.2) is 0 Å². The van der Waals surface area contributed by atoms with Gasteiger partial charge in [-0.05, 0) is 101 Å². The van der Waals surface area contributed by atoms with Crippen molar-refractivity contribution in [2.75, 3.05) is 4.90 Å². The van der Waals surface area contributed by atoms with Gasteiger partial charge in [0.05, 0.1) is 5.69 Å². The van der Waals surface area contributed by atoms with Gasteiger partial charge in [0.25, 0.3) is 0 Å². The fourth-order valence-corrected chi connectivity index (χ4v) is 8.27. The average Bonchev–Trinajstić information content (AvgIpc) is 3.10. The topological polar surface area (TPSA) is 3.24 Å². The van der Waals surface area contributed by atoms with Crippen LogP contribution < -0.4 is 4.90 Å². The molecule has 1 heteroatoms. The molecule has 0 amide bonds. The quantitative estimate of drug-likeness (QED) is 0.182. The van der Waals surface area contributed by atoms with Crippen LogP contribution in [-0.2, 0) is 10.8 Å². The SMILES string of the molecule is CC1(C)c2ccc3c(ccc4ccccc43)c2-c2cccc(N(c3ccccc3)c3ccc4ccc5ccccc5c4c3)c2C1(C)C. The van der Waals surface area contributed by atoms with Gasteiger partial charge in [0.2, 0.25) is 0 Å². The summed E-state index contributed by atoms with van der Waals surface area (Å²) in [6.45, 7) is 9.76. The Morgan fingerprint density at radius 2 is 1.00 bits per heavy atom. The molecule has 0 radical (unpaired) electrons. The smallest absolute Gasteiger partial charge is 0.0505 e. The summed E-state index contributed by atoms with van der Waals surface area (Å²) < 4.78 is 0. The fraction of sp³-hybridized carbons (Fsp3) is 0.130. The predicted octanol–water partition coefficient (Wildman–Crippen LogP) is 13.0. The molecule has 0 N–H and O–H groups in total. The number of anilines is 3. The zero-order chi connectivity index (χ0) is 31.9. The zero-order valence-electron chi connectivity index (χ0n) is 27.4. The first kappa shape index (κ1) is 27.9. The van der Waals surface area contributed by atoms with Crippen LogP contribution in [0.3, 0.4) is 0 Å². The van der Waals surface area contributed by atoms with E-state index in [9.17, 15) is 0 Å². The van der Waals surface area contributed by atoms with Crippen LogP contribution in [0, 0.1) is 0 Å². The average molecular weight is 604 g/mol. The second-order valence-corrected chi connectivity index (χ2v) is 14.2. The van der Waals surface area contributed by atoms with Crippen LogP contribution in [-0.4, -0.2) is 0 Å². The fourth-order valence-electron chi connectivity index (χ4n) is 8.27. The van der Waals surface area contributed by atoms with Crippen molar-refractivity contribution in [3.05, 3.63) is 163 Å². The molecular formula is C46H37N. The first-order valence-corrected chi connectivity index (χ1v) is 16.7. The van der Waals surface area contributed by atoms with Gasteiger partial charge in [0.1, 0.15) is 0 Å². The molecule has 1 aliphatic rings. The van der Waals surface area contributed by atoms with Crippen molar-refractivity contribution in [2.24, 2.45) is 0 Å². The van der Waals surface area contributed by atoms with E-state index in [2.05, 4.69) is 184 Å². The molecule has 8 aromatic rings. The molecule has 0 saturated heterocycles. The molecule has 226 valence electrons. The lowest BCUT2D eigenvalue weighted by Gasteiger charge is -2.50. The molecule has 0 saturated carbocycles. The standard InChI is InChI=1S/C46H37N/c1-45(2)41-28-27-37-35-17-10-8-14-31(35)24-26-38(37)43(41)39-19-12-20-42(44(39)46(45,3)4)47(33-15-6-5-7-16-33)34-25-23-32-22-21-30-13-9-11-18-36(30)40(32)29-34/h5-29H,1-4H3. The van der Waals surface area contributed by atoms with Gasteiger partial charge in [-0.3, -0.25) is 0 Å². The van der Waals surface area contributed by atoms with Crippen LogP contribution in [0.1, 0.15) is 38.8 Å². The summed E-state index contributed by atoms with van der Waals surface area (Å²) in [4.78, 5) is 2.49. The molecule has 0 unspecified atom stereocenters. The monoisotopic (exact) mass is 603 g/mol. The Bertz CT molecular complexity index is 2520. The van der Waals surface area contributed by atoms with Crippen LogP contribution in [0.15, 0.2) is 152 Å². The van der Waals surface area contributed by atoms with Gasteiger partial charge in [-0.2, -0.15) is 0 Å². The van der Waals surface area contributed by atoms with Crippen LogP contribution in [0.4, 0.5) is 17.1 Å². The van der Waals surface area contributed by atoms with E-state index in [0.717, 1.165) is 11.4 Å². The van der Waals surface area contributed by atoms with Crippen molar-refractivity contribution in [3.63, 3.8) is 0 Å². The van der Waals surface area contributed by atoms with E-state index in [4.69, 9.17) is 0 Å². The number of hydrogen-bond donors (Lipinski definition) is 0. The van der Waals surface area contributed by atoms with E-state index in [-0.39, 0.29) is 10.8 Å². The van der Waals surface area contributed by atoms with Crippen molar-refractivity contribution in [1.82, 2.24) is 0 Å². The molecule has 8 aromatic carbocycles. The Labute approximate surface area is 276 Å². The Balaban J connectivity index is 1.37. The molecule has 1 aliphatic carbocycles. The summed E-state index contributed by atoms with van der Waals surface area (Å²) in [6, 6.07) is 56.2. The van der Waals surface area contributed by atoms with Crippen molar-refractivity contribution >= 4 is 60.2 Å². The summed E-state index contributed by atoms with van der Waals surface area (Å²) in [6.07, 6.45) is 0. The molecule has 0 aromatic heterocycles. The predicted molar refractivity (Wildman–Crippen MR) is 203 cm³/mol. The first-order chi connectivity index (χ1) is 22.8. The zero-order valence-corrected chi connectivity index (χ0v) is 27.4. The van der Waals surface area contributed by atoms with Crippen LogP contribution in [0.2, 0.25) is 0 Å². The van der Waals surface area contributed by atoms with Crippen LogP contribution >= 0.6 is 0 Å². The van der Waals surface area contributed by atoms with E-state index in [1.54, 1.807) is 0 Å². The molecule has 0 heterocycles. The van der Waals surface area contributed by atoms with Crippen LogP contribution in [0.5, 0.6) is 0 Å². The van der Waals surface area contributed by atoms with E-state index in [0.29, 0.717) is 0 Å². The van der Waals surface area contributed by atoms with Gasteiger partial charge < -0.3 is 4.90 Å². The largest absolute Gasteiger partial charge is 0.310 e. The van der Waals surface area contributed by atoms with E-state index < -0.39 is 0 Å². The molecule has 0 atom stereocenters. The van der Waals surface area contributed by atoms with Gasteiger partial charge in [-0.1, -0.05) is 149 Å². The summed E-state index contributed by atoms with van der Waals surface area (Å²) >= 11 is 0. The van der Waals surface area contributed by atoms with E-state index in [1.807, 2.05) is 0 Å². The van der Waals surface area contributed by atoms with Crippen molar-refractivity contribution in [2.45, 2.75) is 38.5 Å². The molecule has 0 bridgehead atoms. The van der Waals surface area contributed by atoms with Crippen LogP contribution in [0.25, 0.3) is 54.2 Å². The molecule has 0 aliphatic heterocycles. The number of hydrogen-bond acceptors (Lipinski definition) is 1. The van der Waals surface area contributed by atoms with Crippen molar-refractivity contribution in [1.29, 1.82) is 0 Å². The lowest BCUT2D eigenvalue weighted by Crippen LogP contribution is -2.44. The minimum atomic E-state index is -0.174. The van der Waals surface area contributed by atoms with Gasteiger partial charge >= 0.3 is 0 Å². The first-order valence-electron chi connectivity index (χ1n) is 16.7. The lowest BCUT2D eigenvalue weighted by atomic mass is 9.54. The second-order valence-electron chi connectivity index (χ2n) is 14.2. The van der Waals surface area contributed by atoms with E-state index >= 15 is 0 Å². The van der Waals surface area contributed by atoms with Gasteiger partial charge in [-0.15, -0.1) is 0 Å². The molecule has 9 rings (SSSR count). The summed E-state index contributed by atoms with van der Waals surface area (Å²) in [7, 11) is 0. The maximum absolute atomic E-state index is 2.49. The maximum atomic E-state index is 2.49. The Morgan fingerprint density at radius 1 is 0.404 bits per heavy atom. The molecule has 47 heavy (non-hydrogen) atoms. The Hall–Kier alpha value is -5.40. The number of benzene rings is 8. The van der Waals surface area contributed by atoms with E-state index in [1.165, 1.54) is 71.0 Å². The van der Waals surface area contributed by atoms with Crippen molar-refractivity contribution in [3.8, 4) is 11.1 Å². The third-order valence-corrected chi connectivity index (χ3v) is 11.3. The highest BCUT2D eigenvalue weighted by Crippen LogP contribution is 2.59. The molecule has 1 nitrogen and oxygen atoms in total. The number of nitrogens with zero attached hydrogens (tertiary/aromatic N) is 1.